The van der Waals surface area contributed by atoms with Crippen LogP contribution in [0.2, 0.25) is 0 Å². The van der Waals surface area contributed by atoms with Crippen molar-refractivity contribution in [3.8, 4) is 0 Å². The molecule has 0 spiro atoms. The normalized spacial score (nSPS) is 14.1. The number of nitrogens with one attached hydrogen (secondary N) is 1. The van der Waals surface area contributed by atoms with E-state index in [1.54, 1.807) is 0 Å². The highest BCUT2D eigenvalue weighted by Gasteiger charge is 2.10. The van der Waals surface area contributed by atoms with Gasteiger partial charge in [0, 0.05) is 6.54 Å². The van der Waals surface area contributed by atoms with Gasteiger partial charge in [0.1, 0.15) is 0 Å². The highest BCUT2D eigenvalue weighted by molar-refractivity contribution is 5.81. The quantitative estimate of drug-likeness (QED) is 0.791. The molecule has 1 rings (SSSR count). The SMILES string of the molecule is CCC(N)C(=O)NCCC(C)c1ccccc1. The number of rotatable bonds is 6. The van der Waals surface area contributed by atoms with Crippen LogP contribution in [0.15, 0.2) is 30.3 Å². The molecular weight excluding hydrogens is 212 g/mol. The Hall–Kier alpha value is -1.35. The third-order valence-corrected chi connectivity index (χ3v) is 3.02. The molecule has 0 aliphatic heterocycles. The number of nitrogens with two attached hydrogens (primary N) is 1. The maximum atomic E-state index is 11.5. The van der Waals surface area contributed by atoms with Gasteiger partial charge in [-0.3, -0.25) is 4.79 Å². The van der Waals surface area contributed by atoms with Crippen molar-refractivity contribution >= 4 is 5.91 Å². The zero-order valence-electron chi connectivity index (χ0n) is 10.6. The van der Waals surface area contributed by atoms with Crippen molar-refractivity contribution in [3.05, 3.63) is 35.9 Å². The molecule has 2 atom stereocenters. The van der Waals surface area contributed by atoms with Crippen LogP contribution in [0.1, 0.15) is 38.2 Å². The Balaban J connectivity index is 2.30. The zero-order chi connectivity index (χ0) is 12.7. The van der Waals surface area contributed by atoms with E-state index in [4.69, 9.17) is 5.73 Å². The van der Waals surface area contributed by atoms with Crippen molar-refractivity contribution in [3.63, 3.8) is 0 Å². The van der Waals surface area contributed by atoms with Crippen LogP contribution < -0.4 is 11.1 Å². The lowest BCUT2D eigenvalue weighted by atomic mass is 9.98. The average Bonchev–Trinajstić information content (AvgIpc) is 2.38. The van der Waals surface area contributed by atoms with Crippen molar-refractivity contribution in [2.45, 2.75) is 38.6 Å². The Morgan fingerprint density at radius 1 is 1.35 bits per heavy atom. The Morgan fingerprint density at radius 3 is 2.59 bits per heavy atom. The van der Waals surface area contributed by atoms with Crippen LogP contribution in [0.5, 0.6) is 0 Å². The second kappa shape index (κ2) is 7.07. The first-order valence-corrected chi connectivity index (χ1v) is 6.23. The highest BCUT2D eigenvalue weighted by Crippen LogP contribution is 2.17. The van der Waals surface area contributed by atoms with Gasteiger partial charge in [0.25, 0.3) is 0 Å². The standard InChI is InChI=1S/C14H22N2O/c1-3-13(15)14(17)16-10-9-11(2)12-7-5-4-6-8-12/h4-8,11,13H,3,9-10,15H2,1-2H3,(H,16,17). The first-order valence-electron chi connectivity index (χ1n) is 6.23. The first kappa shape index (κ1) is 13.7. The van der Waals surface area contributed by atoms with Crippen LogP contribution in [-0.4, -0.2) is 18.5 Å². The molecule has 0 aliphatic carbocycles. The molecule has 3 heteroatoms. The van der Waals surface area contributed by atoms with E-state index in [-0.39, 0.29) is 11.9 Å². The third-order valence-electron chi connectivity index (χ3n) is 3.02. The number of hydrogen-bond acceptors (Lipinski definition) is 2. The Labute approximate surface area is 103 Å². The fraction of sp³-hybridized carbons (Fsp3) is 0.500. The molecule has 0 saturated carbocycles. The van der Waals surface area contributed by atoms with Crippen LogP contribution in [-0.2, 0) is 4.79 Å². The molecule has 1 amide bonds. The molecule has 0 fully saturated rings. The summed E-state index contributed by atoms with van der Waals surface area (Å²) in [6.07, 6.45) is 1.62. The van der Waals surface area contributed by atoms with Gasteiger partial charge in [-0.05, 0) is 24.3 Å². The molecule has 3 N–H and O–H groups in total. The fourth-order valence-corrected chi connectivity index (χ4v) is 1.68. The number of carbonyl (C=O) groups excluding carboxylic acids is 1. The smallest absolute Gasteiger partial charge is 0.236 e. The van der Waals surface area contributed by atoms with Gasteiger partial charge in [0.15, 0.2) is 0 Å². The van der Waals surface area contributed by atoms with E-state index >= 15 is 0 Å². The maximum Gasteiger partial charge on any atom is 0.236 e. The summed E-state index contributed by atoms with van der Waals surface area (Å²) in [5.41, 5.74) is 6.94. The molecule has 0 heterocycles. The minimum atomic E-state index is -0.373. The van der Waals surface area contributed by atoms with E-state index in [0.717, 1.165) is 6.42 Å². The van der Waals surface area contributed by atoms with Gasteiger partial charge in [0.2, 0.25) is 5.91 Å². The van der Waals surface area contributed by atoms with Crippen LogP contribution in [0, 0.1) is 0 Å². The van der Waals surface area contributed by atoms with Crippen molar-refractivity contribution in [2.75, 3.05) is 6.54 Å². The molecule has 0 bridgehead atoms. The second-order valence-electron chi connectivity index (χ2n) is 4.41. The van der Waals surface area contributed by atoms with Crippen LogP contribution in [0.3, 0.4) is 0 Å². The Kier molecular flexibility index (Phi) is 5.70. The molecule has 1 aromatic carbocycles. The van der Waals surface area contributed by atoms with E-state index < -0.39 is 0 Å². The molecule has 0 radical (unpaired) electrons. The molecule has 94 valence electrons. The first-order chi connectivity index (χ1) is 8.15. The van der Waals surface area contributed by atoms with Crippen LogP contribution in [0.4, 0.5) is 0 Å². The summed E-state index contributed by atoms with van der Waals surface area (Å²) < 4.78 is 0. The van der Waals surface area contributed by atoms with E-state index in [2.05, 4.69) is 24.4 Å². The highest BCUT2D eigenvalue weighted by atomic mass is 16.2. The zero-order valence-corrected chi connectivity index (χ0v) is 10.6. The minimum absolute atomic E-state index is 0.0484. The van der Waals surface area contributed by atoms with Crippen molar-refractivity contribution in [1.29, 1.82) is 0 Å². The van der Waals surface area contributed by atoms with Gasteiger partial charge in [-0.2, -0.15) is 0 Å². The van der Waals surface area contributed by atoms with Gasteiger partial charge >= 0.3 is 0 Å². The number of hydrogen-bond donors (Lipinski definition) is 2. The lowest BCUT2D eigenvalue weighted by Gasteiger charge is -2.14. The third kappa shape index (κ3) is 4.57. The molecular formula is C14H22N2O. The van der Waals surface area contributed by atoms with Gasteiger partial charge in [-0.1, -0.05) is 44.2 Å². The van der Waals surface area contributed by atoms with Crippen molar-refractivity contribution in [1.82, 2.24) is 5.32 Å². The number of benzene rings is 1. The van der Waals surface area contributed by atoms with Crippen LogP contribution in [0.25, 0.3) is 0 Å². The summed E-state index contributed by atoms with van der Waals surface area (Å²) in [6.45, 7) is 4.76. The van der Waals surface area contributed by atoms with E-state index in [9.17, 15) is 4.79 Å². The minimum Gasteiger partial charge on any atom is -0.355 e. The summed E-state index contributed by atoms with van der Waals surface area (Å²) in [7, 11) is 0. The molecule has 0 aromatic heterocycles. The maximum absolute atomic E-state index is 11.5. The van der Waals surface area contributed by atoms with Gasteiger partial charge in [-0.15, -0.1) is 0 Å². The van der Waals surface area contributed by atoms with E-state index in [1.807, 2.05) is 25.1 Å². The monoisotopic (exact) mass is 234 g/mol. The van der Waals surface area contributed by atoms with Gasteiger partial charge < -0.3 is 11.1 Å². The summed E-state index contributed by atoms with van der Waals surface area (Å²) in [6, 6.07) is 9.95. The second-order valence-corrected chi connectivity index (χ2v) is 4.41. The Morgan fingerprint density at radius 2 is 2.00 bits per heavy atom. The average molecular weight is 234 g/mol. The predicted molar refractivity (Wildman–Crippen MR) is 70.8 cm³/mol. The van der Waals surface area contributed by atoms with Crippen molar-refractivity contribution < 1.29 is 4.79 Å². The molecule has 17 heavy (non-hydrogen) atoms. The Bertz CT molecular complexity index is 337. The van der Waals surface area contributed by atoms with Gasteiger partial charge in [0.05, 0.1) is 6.04 Å². The molecule has 0 aliphatic rings. The fourth-order valence-electron chi connectivity index (χ4n) is 1.68. The summed E-state index contributed by atoms with van der Waals surface area (Å²) in [4.78, 5) is 11.5. The number of carbonyl (C=O) groups is 1. The topological polar surface area (TPSA) is 55.1 Å². The lowest BCUT2D eigenvalue weighted by molar-refractivity contribution is -0.122. The molecule has 1 aromatic rings. The van der Waals surface area contributed by atoms with Crippen LogP contribution >= 0.6 is 0 Å². The lowest BCUT2D eigenvalue weighted by Crippen LogP contribution is -2.40. The summed E-state index contributed by atoms with van der Waals surface area (Å²) in [5.74, 6) is 0.405. The van der Waals surface area contributed by atoms with Crippen molar-refractivity contribution in [2.24, 2.45) is 5.73 Å². The molecule has 0 saturated heterocycles. The molecule has 2 unspecified atom stereocenters. The van der Waals surface area contributed by atoms with E-state index in [1.165, 1.54) is 5.56 Å². The van der Waals surface area contributed by atoms with E-state index in [0.29, 0.717) is 18.9 Å². The predicted octanol–water partition coefficient (Wildman–Crippen LogP) is 2.03. The number of amides is 1. The van der Waals surface area contributed by atoms with Gasteiger partial charge in [-0.25, -0.2) is 0 Å². The molecule has 3 nitrogen and oxygen atoms in total. The largest absolute Gasteiger partial charge is 0.355 e. The summed E-state index contributed by atoms with van der Waals surface area (Å²) >= 11 is 0. The summed E-state index contributed by atoms with van der Waals surface area (Å²) in [5, 5.41) is 2.87.